The van der Waals surface area contributed by atoms with Crippen LogP contribution in [0, 0.1) is 5.92 Å². The van der Waals surface area contributed by atoms with Crippen molar-refractivity contribution in [3.8, 4) is 5.88 Å². The van der Waals surface area contributed by atoms with Gasteiger partial charge in [-0.3, -0.25) is 9.69 Å². The van der Waals surface area contributed by atoms with Crippen molar-refractivity contribution in [3.63, 3.8) is 0 Å². The highest BCUT2D eigenvalue weighted by Gasteiger charge is 2.35. The molecule has 0 spiro atoms. The van der Waals surface area contributed by atoms with Crippen LogP contribution < -0.4 is 15.0 Å². The van der Waals surface area contributed by atoms with E-state index in [1.54, 1.807) is 19.4 Å². The van der Waals surface area contributed by atoms with Crippen LogP contribution >= 0.6 is 0 Å². The molecule has 3 aliphatic heterocycles. The molecule has 1 N–H and O–H groups in total. The van der Waals surface area contributed by atoms with Crippen molar-refractivity contribution in [1.29, 1.82) is 0 Å². The van der Waals surface area contributed by atoms with E-state index in [1.807, 2.05) is 0 Å². The Kier molecular flexibility index (Phi) is 5.73. The molecular weight excluding hydrogens is 344 g/mol. The third-order valence-electron chi connectivity index (χ3n) is 6.10. The zero-order valence-corrected chi connectivity index (χ0v) is 16.1. The van der Waals surface area contributed by atoms with E-state index in [4.69, 9.17) is 4.74 Å². The minimum atomic E-state index is 0.133. The monoisotopic (exact) mass is 374 g/mol. The number of piperazine rings is 1. The number of nitrogens with zero attached hydrogens (tertiary/aromatic N) is 5. The van der Waals surface area contributed by atoms with Crippen LogP contribution in [-0.4, -0.2) is 91.2 Å². The molecule has 27 heavy (non-hydrogen) atoms. The molecule has 3 fully saturated rings. The lowest BCUT2D eigenvalue weighted by atomic mass is 9.95. The maximum atomic E-state index is 13.0. The second kappa shape index (κ2) is 8.39. The lowest BCUT2D eigenvalue weighted by molar-refractivity contribution is -0.135. The Bertz CT molecular complexity index is 643. The average molecular weight is 374 g/mol. The van der Waals surface area contributed by atoms with Crippen LogP contribution in [0.5, 0.6) is 5.88 Å². The first-order valence-corrected chi connectivity index (χ1v) is 10.1. The van der Waals surface area contributed by atoms with E-state index < -0.39 is 0 Å². The molecule has 3 aliphatic rings. The van der Waals surface area contributed by atoms with Gasteiger partial charge in [-0.15, -0.1) is 0 Å². The van der Waals surface area contributed by atoms with Gasteiger partial charge in [0.25, 0.3) is 0 Å². The molecule has 1 amide bonds. The number of aromatic nitrogens is 2. The number of methoxy groups -OCH3 is 1. The summed E-state index contributed by atoms with van der Waals surface area (Å²) in [6, 6.07) is 2.29. The number of amides is 1. The highest BCUT2D eigenvalue weighted by atomic mass is 16.5. The van der Waals surface area contributed by atoms with Crippen molar-refractivity contribution in [2.45, 2.75) is 25.3 Å². The molecule has 0 saturated carbocycles. The summed E-state index contributed by atoms with van der Waals surface area (Å²) in [7, 11) is 1.61. The Balaban J connectivity index is 1.28. The average Bonchev–Trinajstić information content (AvgIpc) is 3.24. The lowest BCUT2D eigenvalue weighted by Crippen LogP contribution is -2.50. The molecular formula is C19H30N6O2. The van der Waals surface area contributed by atoms with Crippen LogP contribution in [0.4, 0.5) is 5.95 Å². The summed E-state index contributed by atoms with van der Waals surface area (Å²) in [6.45, 7) is 7.78. The molecule has 4 rings (SSSR count). The molecule has 3 saturated heterocycles. The number of nitrogens with one attached hydrogen (secondary N) is 1. The molecule has 148 valence electrons. The quantitative estimate of drug-likeness (QED) is 0.807. The molecule has 8 nitrogen and oxygen atoms in total. The first kappa shape index (κ1) is 18.4. The smallest absolute Gasteiger partial charge is 0.228 e. The SMILES string of the molecule is COc1ccnc(N2CCC(C(=O)N3CCC(N4CCNCC4)C3)CC2)n1. The molecule has 0 aliphatic carbocycles. The fourth-order valence-electron chi connectivity index (χ4n) is 4.47. The number of rotatable bonds is 4. The summed E-state index contributed by atoms with van der Waals surface area (Å²) >= 11 is 0. The van der Waals surface area contributed by atoms with Gasteiger partial charge >= 0.3 is 0 Å². The number of carbonyl (C=O) groups is 1. The molecule has 1 unspecified atom stereocenters. The molecule has 0 radical (unpaired) electrons. The van der Waals surface area contributed by atoms with Gasteiger partial charge in [0.05, 0.1) is 7.11 Å². The van der Waals surface area contributed by atoms with E-state index in [9.17, 15) is 4.79 Å². The van der Waals surface area contributed by atoms with Crippen LogP contribution in [0.1, 0.15) is 19.3 Å². The van der Waals surface area contributed by atoms with Gasteiger partial charge in [-0.25, -0.2) is 4.98 Å². The fourth-order valence-corrected chi connectivity index (χ4v) is 4.47. The van der Waals surface area contributed by atoms with Gasteiger partial charge in [0.1, 0.15) is 0 Å². The van der Waals surface area contributed by atoms with E-state index in [1.165, 1.54) is 0 Å². The number of carbonyl (C=O) groups excluding carboxylic acids is 1. The highest BCUT2D eigenvalue weighted by molar-refractivity contribution is 5.79. The lowest BCUT2D eigenvalue weighted by Gasteiger charge is -2.34. The minimum Gasteiger partial charge on any atom is -0.481 e. The summed E-state index contributed by atoms with van der Waals surface area (Å²) < 4.78 is 5.19. The highest BCUT2D eigenvalue weighted by Crippen LogP contribution is 2.26. The Hall–Kier alpha value is -1.93. The number of anilines is 1. The summed E-state index contributed by atoms with van der Waals surface area (Å²) in [5, 5.41) is 3.40. The maximum Gasteiger partial charge on any atom is 0.228 e. The van der Waals surface area contributed by atoms with Crippen molar-refractivity contribution in [1.82, 2.24) is 25.1 Å². The first-order chi connectivity index (χ1) is 13.2. The van der Waals surface area contributed by atoms with E-state index in [-0.39, 0.29) is 5.92 Å². The third kappa shape index (κ3) is 4.16. The maximum absolute atomic E-state index is 13.0. The Morgan fingerprint density at radius 2 is 1.93 bits per heavy atom. The molecule has 1 aromatic heterocycles. The largest absolute Gasteiger partial charge is 0.481 e. The zero-order valence-electron chi connectivity index (χ0n) is 16.1. The van der Waals surface area contributed by atoms with Gasteiger partial charge in [0.15, 0.2) is 0 Å². The van der Waals surface area contributed by atoms with Crippen LogP contribution in [0.15, 0.2) is 12.3 Å². The molecule has 1 atom stereocenters. The Labute approximate surface area is 160 Å². The van der Waals surface area contributed by atoms with Crippen LogP contribution in [0.3, 0.4) is 0 Å². The van der Waals surface area contributed by atoms with Gasteiger partial charge in [-0.2, -0.15) is 4.98 Å². The number of hydrogen-bond donors (Lipinski definition) is 1. The summed E-state index contributed by atoms with van der Waals surface area (Å²) in [6.07, 6.45) is 4.57. The van der Waals surface area contributed by atoms with Crippen LogP contribution in [0.2, 0.25) is 0 Å². The standard InChI is InChI=1S/C19H30N6O2/c1-27-17-2-6-21-19(22-17)24-9-3-15(4-10-24)18(26)25-11-5-16(14-25)23-12-7-20-8-13-23/h2,6,15-16,20H,3-5,7-14H2,1H3. The van der Waals surface area contributed by atoms with Gasteiger partial charge in [0, 0.05) is 76.6 Å². The Morgan fingerprint density at radius 3 is 2.67 bits per heavy atom. The normalized spacial score (nSPS) is 25.0. The number of piperidine rings is 1. The predicted octanol–water partition coefficient (Wildman–Crippen LogP) is 0.208. The van der Waals surface area contributed by atoms with E-state index >= 15 is 0 Å². The number of likely N-dealkylation sites (tertiary alicyclic amines) is 1. The topological polar surface area (TPSA) is 73.8 Å². The zero-order chi connectivity index (χ0) is 18.6. The molecule has 8 heteroatoms. The van der Waals surface area contributed by atoms with Crippen LogP contribution in [-0.2, 0) is 4.79 Å². The second-order valence-electron chi connectivity index (χ2n) is 7.67. The van der Waals surface area contributed by atoms with Gasteiger partial charge in [-0.1, -0.05) is 0 Å². The summed E-state index contributed by atoms with van der Waals surface area (Å²) in [5.74, 6) is 1.75. The van der Waals surface area contributed by atoms with E-state index in [2.05, 4.69) is 30.0 Å². The third-order valence-corrected chi connectivity index (χ3v) is 6.10. The van der Waals surface area contributed by atoms with Gasteiger partial charge in [0.2, 0.25) is 17.7 Å². The number of hydrogen-bond acceptors (Lipinski definition) is 7. The van der Waals surface area contributed by atoms with Crippen molar-refractivity contribution in [2.24, 2.45) is 5.92 Å². The first-order valence-electron chi connectivity index (χ1n) is 10.1. The van der Waals surface area contributed by atoms with Gasteiger partial charge < -0.3 is 19.9 Å². The van der Waals surface area contributed by atoms with Crippen molar-refractivity contribution in [3.05, 3.63) is 12.3 Å². The van der Waals surface area contributed by atoms with E-state index in [0.717, 1.165) is 71.6 Å². The summed E-state index contributed by atoms with van der Waals surface area (Å²) in [5.41, 5.74) is 0. The Morgan fingerprint density at radius 1 is 1.15 bits per heavy atom. The van der Waals surface area contributed by atoms with Crippen molar-refractivity contribution < 1.29 is 9.53 Å². The van der Waals surface area contributed by atoms with E-state index in [0.29, 0.717) is 23.8 Å². The molecule has 0 bridgehead atoms. The summed E-state index contributed by atoms with van der Waals surface area (Å²) in [4.78, 5) is 28.6. The second-order valence-corrected chi connectivity index (χ2v) is 7.67. The molecule has 0 aromatic carbocycles. The fraction of sp³-hybridized carbons (Fsp3) is 0.737. The van der Waals surface area contributed by atoms with Crippen molar-refractivity contribution in [2.75, 3.05) is 64.4 Å². The van der Waals surface area contributed by atoms with Crippen molar-refractivity contribution >= 4 is 11.9 Å². The predicted molar refractivity (Wildman–Crippen MR) is 103 cm³/mol. The molecule has 1 aromatic rings. The number of ether oxygens (including phenoxy) is 1. The van der Waals surface area contributed by atoms with Gasteiger partial charge in [-0.05, 0) is 19.3 Å². The van der Waals surface area contributed by atoms with Crippen LogP contribution in [0.25, 0.3) is 0 Å². The minimum absolute atomic E-state index is 0.133. The molecule has 4 heterocycles.